The lowest BCUT2D eigenvalue weighted by Crippen LogP contribution is -2.47. The minimum Gasteiger partial charge on any atom is -0.490 e. The molecule has 0 aliphatic carbocycles. The van der Waals surface area contributed by atoms with Crippen LogP contribution in [0.2, 0.25) is 0 Å². The minimum atomic E-state index is -0.445. The number of carbonyl (C=O) groups excluding carboxylic acids is 2. The monoisotopic (exact) mass is 654 g/mol. The third-order valence-corrected chi connectivity index (χ3v) is 8.73. The summed E-state index contributed by atoms with van der Waals surface area (Å²) in [4.78, 5) is 33.0. The molecule has 4 atom stereocenters. The molecular weight excluding hydrogens is 600 g/mol. The summed E-state index contributed by atoms with van der Waals surface area (Å²) in [5, 5.41) is 13.2. The second-order valence-corrected chi connectivity index (χ2v) is 13.4. The quantitative estimate of drug-likeness (QED) is 0.358. The molecule has 0 saturated heterocycles. The van der Waals surface area contributed by atoms with Crippen molar-refractivity contribution in [3.05, 3.63) is 47.5 Å². The van der Waals surface area contributed by atoms with Crippen LogP contribution in [0.5, 0.6) is 17.2 Å². The van der Waals surface area contributed by atoms with Gasteiger partial charge in [0, 0.05) is 44.3 Å². The minimum absolute atomic E-state index is 0.0435. The third kappa shape index (κ3) is 10.8. The van der Waals surface area contributed by atoms with E-state index in [1.165, 1.54) is 0 Å². The molecule has 2 N–H and O–H groups in total. The number of amides is 2. The number of benzene rings is 2. The summed E-state index contributed by atoms with van der Waals surface area (Å²) in [6, 6.07) is 10.8. The number of rotatable bonds is 11. The summed E-state index contributed by atoms with van der Waals surface area (Å²) in [6.45, 7) is 9.15. The second kappa shape index (κ2) is 17.7. The first kappa shape index (κ1) is 36.5. The van der Waals surface area contributed by atoms with Crippen molar-refractivity contribution in [3.8, 4) is 17.2 Å². The number of aliphatic hydroxyl groups is 1. The molecule has 0 unspecified atom stereocenters. The summed E-state index contributed by atoms with van der Waals surface area (Å²) in [6.07, 6.45) is 3.46. The molecule has 2 aromatic rings. The molecule has 47 heavy (non-hydrogen) atoms. The van der Waals surface area contributed by atoms with E-state index < -0.39 is 6.04 Å². The molecule has 0 spiro atoms. The Labute approximate surface area is 280 Å². The Balaban J connectivity index is 1.54. The van der Waals surface area contributed by atoms with Crippen LogP contribution >= 0.6 is 0 Å². The first-order valence-electron chi connectivity index (χ1n) is 16.9. The molecule has 2 aliphatic heterocycles. The van der Waals surface area contributed by atoms with Gasteiger partial charge < -0.3 is 39.2 Å². The van der Waals surface area contributed by atoms with Crippen molar-refractivity contribution >= 4 is 17.5 Å². The number of carbonyl (C=O) groups is 2. The number of hydrogen-bond acceptors (Lipinski definition) is 9. The van der Waals surface area contributed by atoms with Crippen LogP contribution in [-0.2, 0) is 16.1 Å². The summed E-state index contributed by atoms with van der Waals surface area (Å²) in [7, 11) is 6.02. The maximum Gasteiger partial charge on any atom is 0.258 e. The number of nitrogens with zero attached hydrogens (tertiary/aromatic N) is 3. The highest BCUT2D eigenvalue weighted by molar-refractivity contribution is 5.99. The van der Waals surface area contributed by atoms with Gasteiger partial charge in [-0.25, -0.2) is 0 Å². The van der Waals surface area contributed by atoms with Crippen LogP contribution in [0.1, 0.15) is 68.8 Å². The molecule has 260 valence electrons. The van der Waals surface area contributed by atoms with Crippen LogP contribution < -0.4 is 19.5 Å². The van der Waals surface area contributed by atoms with E-state index >= 15 is 0 Å². The summed E-state index contributed by atoms with van der Waals surface area (Å²) in [5.74, 6) is 1.60. The number of likely N-dealkylation sites (N-methyl/N-ethyl adjacent to an activating group) is 1. The number of hydrogen-bond donors (Lipinski definition) is 2. The number of ether oxygens (including phenoxy) is 4. The van der Waals surface area contributed by atoms with Crippen molar-refractivity contribution in [3.63, 3.8) is 0 Å². The standard InChI is InChI=1S/C36H54N4O7/c1-25-20-40(26(2)23-41)36(43)30-19-29(37-35(42)11-9-16-38(4)5)13-15-31(30)47-27(3)10-7-8-17-44-34(25)22-39(6)21-28-12-14-32-33(18-28)46-24-45-32/h12-15,18-19,25-27,34,41H,7-11,16-17,20-24H2,1-6H3,(H,37,42)/t25-,26-,27-,34+/m0/s1. The van der Waals surface area contributed by atoms with E-state index in [1.807, 2.05) is 51.0 Å². The predicted octanol–water partition coefficient (Wildman–Crippen LogP) is 4.62. The van der Waals surface area contributed by atoms with E-state index in [2.05, 4.69) is 24.2 Å². The van der Waals surface area contributed by atoms with Gasteiger partial charge in [-0.15, -0.1) is 0 Å². The van der Waals surface area contributed by atoms with Crippen LogP contribution in [0.15, 0.2) is 36.4 Å². The van der Waals surface area contributed by atoms with Crippen molar-refractivity contribution in [2.75, 3.05) is 66.1 Å². The van der Waals surface area contributed by atoms with Crippen molar-refractivity contribution in [2.45, 2.75) is 77.7 Å². The van der Waals surface area contributed by atoms with E-state index in [1.54, 1.807) is 23.1 Å². The van der Waals surface area contributed by atoms with Crippen LogP contribution in [0.4, 0.5) is 5.69 Å². The van der Waals surface area contributed by atoms with E-state index in [4.69, 9.17) is 18.9 Å². The maximum absolute atomic E-state index is 14.4. The molecule has 0 aromatic heterocycles. The van der Waals surface area contributed by atoms with E-state index in [-0.39, 0.29) is 43.3 Å². The zero-order chi connectivity index (χ0) is 33.9. The van der Waals surface area contributed by atoms with E-state index in [0.717, 1.165) is 49.3 Å². The SMILES string of the molecule is C[C@H]1CCCCO[C@H](CN(C)Cc2ccc3c(c2)OCO3)[C@@H](C)CN([C@@H](C)CO)C(=O)c2cc(NC(=O)CCCN(C)C)ccc2O1. The zero-order valence-electron chi connectivity index (χ0n) is 29.0. The maximum atomic E-state index is 14.4. The van der Waals surface area contributed by atoms with Gasteiger partial charge in [-0.1, -0.05) is 13.0 Å². The molecule has 2 aromatic carbocycles. The molecular formula is C36H54N4O7. The molecule has 0 radical (unpaired) electrons. The number of fused-ring (bicyclic) bond motifs is 2. The highest BCUT2D eigenvalue weighted by Crippen LogP contribution is 2.33. The average Bonchev–Trinajstić information content (AvgIpc) is 3.50. The van der Waals surface area contributed by atoms with Crippen molar-refractivity contribution in [2.24, 2.45) is 5.92 Å². The lowest BCUT2D eigenvalue weighted by Gasteiger charge is -2.36. The van der Waals surface area contributed by atoms with Crippen molar-refractivity contribution in [1.82, 2.24) is 14.7 Å². The Morgan fingerprint density at radius 3 is 2.60 bits per heavy atom. The fourth-order valence-corrected chi connectivity index (χ4v) is 5.96. The first-order valence-corrected chi connectivity index (χ1v) is 16.9. The number of aliphatic hydroxyl groups excluding tert-OH is 1. The highest BCUT2D eigenvalue weighted by atomic mass is 16.7. The fraction of sp³-hybridized carbons (Fsp3) is 0.611. The van der Waals surface area contributed by atoms with Crippen LogP contribution in [-0.4, -0.2) is 111 Å². The molecule has 4 rings (SSSR count). The van der Waals surface area contributed by atoms with E-state index in [9.17, 15) is 14.7 Å². The molecule has 11 nitrogen and oxygen atoms in total. The molecule has 2 amide bonds. The summed E-state index contributed by atoms with van der Waals surface area (Å²) >= 11 is 0. The molecule has 0 bridgehead atoms. The van der Waals surface area contributed by atoms with Crippen LogP contribution in [0.3, 0.4) is 0 Å². The molecule has 2 aliphatic rings. The summed E-state index contributed by atoms with van der Waals surface area (Å²) < 4.78 is 23.9. The largest absolute Gasteiger partial charge is 0.490 e. The number of nitrogens with one attached hydrogen (secondary N) is 1. The summed E-state index contributed by atoms with van der Waals surface area (Å²) in [5.41, 5.74) is 2.02. The van der Waals surface area contributed by atoms with Gasteiger partial charge in [-0.05, 0) is 103 Å². The van der Waals surface area contributed by atoms with Gasteiger partial charge >= 0.3 is 0 Å². The van der Waals surface area contributed by atoms with Gasteiger partial charge in [0.2, 0.25) is 12.7 Å². The lowest BCUT2D eigenvalue weighted by molar-refractivity contribution is -0.116. The second-order valence-electron chi connectivity index (χ2n) is 13.4. The molecule has 0 saturated carbocycles. The highest BCUT2D eigenvalue weighted by Gasteiger charge is 2.30. The smallest absolute Gasteiger partial charge is 0.258 e. The van der Waals surface area contributed by atoms with Crippen LogP contribution in [0.25, 0.3) is 0 Å². The van der Waals surface area contributed by atoms with Gasteiger partial charge in [0.15, 0.2) is 11.5 Å². The Bertz CT molecular complexity index is 1320. The Morgan fingerprint density at radius 1 is 1.06 bits per heavy atom. The lowest BCUT2D eigenvalue weighted by atomic mass is 10.0. The van der Waals surface area contributed by atoms with Gasteiger partial charge in [-0.2, -0.15) is 0 Å². The fourth-order valence-electron chi connectivity index (χ4n) is 5.96. The number of anilines is 1. The van der Waals surface area contributed by atoms with Gasteiger partial charge in [0.25, 0.3) is 5.91 Å². The first-order chi connectivity index (χ1) is 22.5. The van der Waals surface area contributed by atoms with Gasteiger partial charge in [-0.3, -0.25) is 14.5 Å². The van der Waals surface area contributed by atoms with Crippen molar-refractivity contribution in [1.29, 1.82) is 0 Å². The van der Waals surface area contributed by atoms with Crippen molar-refractivity contribution < 1.29 is 33.6 Å². The molecule has 0 fully saturated rings. The Morgan fingerprint density at radius 2 is 1.83 bits per heavy atom. The normalized spacial score (nSPS) is 21.3. The van der Waals surface area contributed by atoms with Gasteiger partial charge in [0.1, 0.15) is 5.75 Å². The Kier molecular flexibility index (Phi) is 13.7. The third-order valence-electron chi connectivity index (χ3n) is 8.73. The topological polar surface area (TPSA) is 113 Å². The Hall–Kier alpha value is -3.38. The van der Waals surface area contributed by atoms with Crippen LogP contribution in [0, 0.1) is 5.92 Å². The van der Waals surface area contributed by atoms with Gasteiger partial charge in [0.05, 0.1) is 30.4 Å². The zero-order valence-corrected chi connectivity index (χ0v) is 29.0. The van der Waals surface area contributed by atoms with E-state index in [0.29, 0.717) is 49.7 Å². The predicted molar refractivity (Wildman–Crippen MR) is 182 cm³/mol. The molecule has 11 heteroatoms. The molecule has 2 heterocycles. The average molecular weight is 655 g/mol.